The van der Waals surface area contributed by atoms with Gasteiger partial charge in [0.1, 0.15) is 6.61 Å². The van der Waals surface area contributed by atoms with Crippen LogP contribution in [0.5, 0.6) is 0 Å². The fourth-order valence-corrected chi connectivity index (χ4v) is 1.47. The van der Waals surface area contributed by atoms with Gasteiger partial charge in [0, 0.05) is 30.9 Å². The zero-order valence-corrected chi connectivity index (χ0v) is 10.5. The van der Waals surface area contributed by atoms with Crippen LogP contribution in [0.3, 0.4) is 0 Å². The number of carbonyl (C=O) groups excluding carboxylic acids is 1. The number of pyridine rings is 1. The fraction of sp³-hybridized carbons (Fsp3) is 0.231. The molecule has 7 heteroatoms. The molecule has 102 valence electrons. The molecular weight excluding hydrogens is 260 g/mol. The molecule has 0 spiro atoms. The summed E-state index contributed by atoms with van der Waals surface area (Å²) in [5.74, 6) is 5.40. The molecule has 0 aliphatic carbocycles. The van der Waals surface area contributed by atoms with Gasteiger partial charge in [0.25, 0.3) is 5.91 Å². The third-order valence-corrected chi connectivity index (χ3v) is 2.34. The minimum absolute atomic E-state index is 0.236. The van der Waals surface area contributed by atoms with Crippen molar-refractivity contribution < 1.29 is 14.4 Å². The lowest BCUT2D eigenvalue weighted by Crippen LogP contribution is -2.25. The first-order valence-electron chi connectivity index (χ1n) is 5.88. The number of hydrogen-bond acceptors (Lipinski definition) is 6. The van der Waals surface area contributed by atoms with Crippen molar-refractivity contribution in [3.63, 3.8) is 0 Å². The Bertz CT molecular complexity index is 629. The lowest BCUT2D eigenvalue weighted by Gasteiger charge is -2.03. The summed E-state index contributed by atoms with van der Waals surface area (Å²) in [6.45, 7) is 0.147. The van der Waals surface area contributed by atoms with Crippen LogP contribution in [-0.4, -0.2) is 39.3 Å². The van der Waals surface area contributed by atoms with Crippen molar-refractivity contribution >= 4 is 5.91 Å². The standard InChI is InChI=1S/C13H12N4O3/c18-5-1-2-10-6-11(8-14-7-10)13(19)15-4-3-12-16-9-17-20-12/h6-9,18H,3-5H2,(H,15,19). The third kappa shape index (κ3) is 3.90. The molecule has 0 bridgehead atoms. The maximum atomic E-state index is 11.9. The number of rotatable bonds is 4. The molecule has 0 radical (unpaired) electrons. The molecule has 2 rings (SSSR count). The van der Waals surface area contributed by atoms with E-state index in [4.69, 9.17) is 9.63 Å². The summed E-state index contributed by atoms with van der Waals surface area (Å²) < 4.78 is 4.82. The second-order valence-corrected chi connectivity index (χ2v) is 3.76. The predicted molar refractivity (Wildman–Crippen MR) is 68.5 cm³/mol. The molecule has 1 amide bonds. The molecule has 0 aromatic carbocycles. The van der Waals surface area contributed by atoms with E-state index in [1.54, 1.807) is 6.07 Å². The molecule has 0 fully saturated rings. The lowest BCUT2D eigenvalue weighted by atomic mass is 10.2. The first-order valence-corrected chi connectivity index (χ1v) is 5.88. The van der Waals surface area contributed by atoms with E-state index >= 15 is 0 Å². The van der Waals surface area contributed by atoms with E-state index in [0.717, 1.165) is 0 Å². The zero-order valence-electron chi connectivity index (χ0n) is 10.5. The second kappa shape index (κ2) is 7.01. The van der Waals surface area contributed by atoms with Gasteiger partial charge in [-0.05, 0) is 6.07 Å². The number of carbonyl (C=O) groups is 1. The van der Waals surface area contributed by atoms with E-state index in [9.17, 15) is 4.79 Å². The second-order valence-electron chi connectivity index (χ2n) is 3.76. The number of hydrogen-bond donors (Lipinski definition) is 2. The average Bonchev–Trinajstić information content (AvgIpc) is 2.98. The Kier molecular flexibility index (Phi) is 4.81. The minimum Gasteiger partial charge on any atom is -0.384 e. The number of amides is 1. The maximum Gasteiger partial charge on any atom is 0.252 e. The van der Waals surface area contributed by atoms with Gasteiger partial charge in [-0.1, -0.05) is 17.0 Å². The van der Waals surface area contributed by atoms with Crippen LogP contribution in [-0.2, 0) is 6.42 Å². The van der Waals surface area contributed by atoms with Gasteiger partial charge in [0.15, 0.2) is 6.33 Å². The number of nitrogens with one attached hydrogen (secondary N) is 1. The molecule has 2 aromatic heterocycles. The molecule has 7 nitrogen and oxygen atoms in total. The van der Waals surface area contributed by atoms with Crippen LogP contribution in [0.25, 0.3) is 0 Å². The van der Waals surface area contributed by atoms with E-state index in [-0.39, 0.29) is 12.5 Å². The highest BCUT2D eigenvalue weighted by atomic mass is 16.5. The van der Waals surface area contributed by atoms with E-state index in [1.165, 1.54) is 18.7 Å². The molecule has 0 saturated heterocycles. The fourth-order valence-electron chi connectivity index (χ4n) is 1.47. The van der Waals surface area contributed by atoms with Crippen LogP contribution in [0.2, 0.25) is 0 Å². The Hall–Kier alpha value is -2.72. The number of aromatic nitrogens is 3. The van der Waals surface area contributed by atoms with Gasteiger partial charge in [-0.25, -0.2) is 0 Å². The minimum atomic E-state index is -0.260. The third-order valence-electron chi connectivity index (χ3n) is 2.34. The summed E-state index contributed by atoms with van der Waals surface area (Å²) in [4.78, 5) is 19.7. The summed E-state index contributed by atoms with van der Waals surface area (Å²) in [5.41, 5.74) is 0.976. The quantitative estimate of drug-likeness (QED) is 0.746. The first kappa shape index (κ1) is 13.7. The Balaban J connectivity index is 1.91. The molecule has 2 aromatic rings. The Morgan fingerprint density at radius 3 is 3.10 bits per heavy atom. The lowest BCUT2D eigenvalue weighted by molar-refractivity contribution is 0.0953. The highest BCUT2D eigenvalue weighted by molar-refractivity contribution is 5.94. The Morgan fingerprint density at radius 1 is 1.45 bits per heavy atom. The van der Waals surface area contributed by atoms with E-state index in [0.29, 0.717) is 30.0 Å². The normalized spacial score (nSPS) is 9.65. The summed E-state index contributed by atoms with van der Waals surface area (Å²) >= 11 is 0. The molecule has 0 unspecified atom stereocenters. The first-order chi connectivity index (χ1) is 9.79. The topological polar surface area (TPSA) is 101 Å². The highest BCUT2D eigenvalue weighted by Crippen LogP contribution is 2.01. The largest absolute Gasteiger partial charge is 0.384 e. The van der Waals surface area contributed by atoms with Gasteiger partial charge >= 0.3 is 0 Å². The van der Waals surface area contributed by atoms with Gasteiger partial charge in [-0.2, -0.15) is 4.98 Å². The summed E-state index contributed by atoms with van der Waals surface area (Å²) in [7, 11) is 0. The van der Waals surface area contributed by atoms with Crippen LogP contribution in [0.1, 0.15) is 21.8 Å². The number of aliphatic hydroxyl groups is 1. The van der Waals surface area contributed by atoms with Crippen molar-refractivity contribution in [1.29, 1.82) is 0 Å². The van der Waals surface area contributed by atoms with Gasteiger partial charge < -0.3 is 14.9 Å². The predicted octanol–water partition coefficient (Wildman–Crippen LogP) is -0.219. The molecule has 2 N–H and O–H groups in total. The van der Waals surface area contributed by atoms with Crippen molar-refractivity contribution in [3.05, 3.63) is 41.8 Å². The van der Waals surface area contributed by atoms with Crippen molar-refractivity contribution in [3.8, 4) is 11.8 Å². The summed E-state index contributed by atoms with van der Waals surface area (Å²) in [5, 5.41) is 14.8. The monoisotopic (exact) mass is 272 g/mol. The van der Waals surface area contributed by atoms with Crippen LogP contribution in [0.4, 0.5) is 0 Å². The molecule has 2 heterocycles. The molecule has 0 aliphatic rings. The average molecular weight is 272 g/mol. The number of aliphatic hydroxyl groups excluding tert-OH is 1. The van der Waals surface area contributed by atoms with Crippen LogP contribution < -0.4 is 5.32 Å². The van der Waals surface area contributed by atoms with Gasteiger partial charge in [0.05, 0.1) is 5.56 Å². The number of nitrogens with zero attached hydrogens (tertiary/aromatic N) is 3. The SMILES string of the molecule is O=C(NCCc1ncno1)c1cncc(C#CCO)c1. The van der Waals surface area contributed by atoms with Crippen LogP contribution in [0, 0.1) is 11.8 Å². The smallest absolute Gasteiger partial charge is 0.252 e. The molecule has 0 atom stereocenters. The van der Waals surface area contributed by atoms with Crippen molar-refractivity contribution in [2.75, 3.05) is 13.2 Å². The Labute approximate surface area is 115 Å². The van der Waals surface area contributed by atoms with Gasteiger partial charge in [-0.3, -0.25) is 9.78 Å². The molecular formula is C13H12N4O3. The van der Waals surface area contributed by atoms with Crippen LogP contribution >= 0.6 is 0 Å². The van der Waals surface area contributed by atoms with Crippen molar-refractivity contribution in [2.45, 2.75) is 6.42 Å². The van der Waals surface area contributed by atoms with Gasteiger partial charge in [-0.15, -0.1) is 0 Å². The molecule has 0 aliphatic heterocycles. The molecule has 0 saturated carbocycles. The molecule has 20 heavy (non-hydrogen) atoms. The van der Waals surface area contributed by atoms with E-state index in [1.807, 2.05) is 0 Å². The Morgan fingerprint density at radius 2 is 2.35 bits per heavy atom. The van der Waals surface area contributed by atoms with E-state index in [2.05, 4.69) is 32.3 Å². The summed E-state index contributed by atoms with van der Waals surface area (Å²) in [6.07, 6.45) is 4.75. The highest BCUT2D eigenvalue weighted by Gasteiger charge is 2.07. The van der Waals surface area contributed by atoms with Crippen molar-refractivity contribution in [1.82, 2.24) is 20.4 Å². The van der Waals surface area contributed by atoms with E-state index < -0.39 is 0 Å². The van der Waals surface area contributed by atoms with Gasteiger partial charge in [0.2, 0.25) is 5.89 Å². The maximum absolute atomic E-state index is 11.9. The summed E-state index contributed by atoms with van der Waals surface area (Å²) in [6, 6.07) is 1.61. The zero-order chi connectivity index (χ0) is 14.2. The van der Waals surface area contributed by atoms with Crippen molar-refractivity contribution in [2.24, 2.45) is 0 Å². The van der Waals surface area contributed by atoms with Crippen LogP contribution in [0.15, 0.2) is 29.3 Å².